The fraction of sp³-hybridized carbons (Fsp3) is 0.400. The van der Waals surface area contributed by atoms with Crippen LogP contribution in [0.1, 0.15) is 18.4 Å². The molecule has 0 radical (unpaired) electrons. The smallest absolute Gasteiger partial charge is 0.124 e. The summed E-state index contributed by atoms with van der Waals surface area (Å²) in [6.07, 6.45) is 0. The highest BCUT2D eigenvalue weighted by Gasteiger charge is 2.08. The monoisotopic (exact) mass is 201 g/mol. The van der Waals surface area contributed by atoms with E-state index in [4.69, 9.17) is 11.6 Å². The van der Waals surface area contributed by atoms with Crippen molar-refractivity contribution in [2.75, 3.05) is 13.6 Å². The number of halogens is 2. The van der Waals surface area contributed by atoms with E-state index in [1.807, 2.05) is 7.05 Å². The molecular formula is C10H13ClFN. The molecule has 1 aromatic rings. The second kappa shape index (κ2) is 4.58. The number of hydrogen-bond donors (Lipinski definition) is 1. The van der Waals surface area contributed by atoms with Gasteiger partial charge in [0.05, 0.1) is 0 Å². The molecule has 0 saturated heterocycles. The molecule has 0 bridgehead atoms. The van der Waals surface area contributed by atoms with Crippen molar-refractivity contribution < 1.29 is 4.39 Å². The zero-order valence-electron chi connectivity index (χ0n) is 7.77. The Morgan fingerprint density at radius 1 is 1.54 bits per heavy atom. The average Bonchev–Trinajstić information content (AvgIpc) is 2.04. The molecule has 0 aliphatic carbocycles. The summed E-state index contributed by atoms with van der Waals surface area (Å²) in [5, 5.41) is 3.56. The average molecular weight is 202 g/mol. The topological polar surface area (TPSA) is 12.0 Å². The quantitative estimate of drug-likeness (QED) is 0.793. The first-order chi connectivity index (χ1) is 6.15. The lowest BCUT2D eigenvalue weighted by Crippen LogP contribution is -2.14. The highest BCUT2D eigenvalue weighted by molar-refractivity contribution is 6.31. The Bertz CT molecular complexity index is 288. The van der Waals surface area contributed by atoms with Crippen molar-refractivity contribution in [3.63, 3.8) is 0 Å². The van der Waals surface area contributed by atoms with Gasteiger partial charge < -0.3 is 5.32 Å². The molecule has 0 fully saturated rings. The summed E-state index contributed by atoms with van der Waals surface area (Å²) in [6, 6.07) is 4.52. The van der Waals surface area contributed by atoms with Crippen molar-refractivity contribution in [2.45, 2.75) is 12.8 Å². The summed E-state index contributed by atoms with van der Waals surface area (Å²) < 4.78 is 12.7. The minimum absolute atomic E-state index is 0.287. The van der Waals surface area contributed by atoms with Crippen LogP contribution >= 0.6 is 11.6 Å². The van der Waals surface area contributed by atoms with Crippen LogP contribution in [0.25, 0.3) is 0 Å². The van der Waals surface area contributed by atoms with Crippen molar-refractivity contribution in [1.29, 1.82) is 0 Å². The van der Waals surface area contributed by atoms with Crippen LogP contribution in [0.4, 0.5) is 4.39 Å². The minimum Gasteiger partial charge on any atom is -0.319 e. The Morgan fingerprint density at radius 2 is 2.23 bits per heavy atom. The van der Waals surface area contributed by atoms with Gasteiger partial charge in [0.25, 0.3) is 0 Å². The highest BCUT2D eigenvalue weighted by atomic mass is 35.5. The third kappa shape index (κ3) is 2.68. The van der Waals surface area contributed by atoms with Gasteiger partial charge in [0, 0.05) is 11.6 Å². The zero-order valence-corrected chi connectivity index (χ0v) is 8.53. The summed E-state index contributed by atoms with van der Waals surface area (Å²) in [7, 11) is 1.88. The number of benzene rings is 1. The molecule has 1 nitrogen and oxygen atoms in total. The normalized spacial score (nSPS) is 12.9. The van der Waals surface area contributed by atoms with Crippen LogP contribution in [0.15, 0.2) is 18.2 Å². The molecule has 72 valence electrons. The molecule has 0 heterocycles. The fourth-order valence-electron chi connectivity index (χ4n) is 1.32. The number of rotatable bonds is 3. The lowest BCUT2D eigenvalue weighted by atomic mass is 10.0. The molecular weight excluding hydrogens is 189 g/mol. The first kappa shape index (κ1) is 10.5. The van der Waals surface area contributed by atoms with E-state index in [9.17, 15) is 4.39 Å². The largest absolute Gasteiger partial charge is 0.319 e. The van der Waals surface area contributed by atoms with E-state index in [2.05, 4.69) is 12.2 Å². The number of likely N-dealkylation sites (N-methyl/N-ethyl adjacent to an activating group) is 1. The summed E-state index contributed by atoms with van der Waals surface area (Å²) >= 11 is 5.89. The van der Waals surface area contributed by atoms with Crippen LogP contribution in [0.3, 0.4) is 0 Å². The molecule has 13 heavy (non-hydrogen) atoms. The van der Waals surface area contributed by atoms with Gasteiger partial charge in [-0.25, -0.2) is 4.39 Å². The van der Waals surface area contributed by atoms with Crippen molar-refractivity contribution in [3.8, 4) is 0 Å². The van der Waals surface area contributed by atoms with Crippen LogP contribution in [0.2, 0.25) is 5.02 Å². The Morgan fingerprint density at radius 3 is 2.77 bits per heavy atom. The Labute approximate surface area is 82.9 Å². The summed E-state index contributed by atoms with van der Waals surface area (Å²) in [6.45, 7) is 2.89. The van der Waals surface area contributed by atoms with Crippen LogP contribution < -0.4 is 5.32 Å². The second-order valence-electron chi connectivity index (χ2n) is 3.12. The molecule has 1 rings (SSSR count). The van der Waals surface area contributed by atoms with Gasteiger partial charge in [-0.15, -0.1) is 0 Å². The first-order valence-corrected chi connectivity index (χ1v) is 4.62. The van der Waals surface area contributed by atoms with E-state index in [1.54, 1.807) is 6.07 Å². The number of nitrogens with one attached hydrogen (secondary N) is 1. The van der Waals surface area contributed by atoms with Crippen LogP contribution in [-0.4, -0.2) is 13.6 Å². The van der Waals surface area contributed by atoms with E-state index in [0.29, 0.717) is 10.9 Å². The Hall–Kier alpha value is -0.600. The molecule has 0 spiro atoms. The van der Waals surface area contributed by atoms with E-state index < -0.39 is 0 Å². The maximum absolute atomic E-state index is 12.7. The summed E-state index contributed by atoms with van der Waals surface area (Å²) in [5.74, 6) is 0.0171. The summed E-state index contributed by atoms with van der Waals surface area (Å²) in [5.41, 5.74) is 0.984. The molecule has 0 aliphatic rings. The second-order valence-corrected chi connectivity index (χ2v) is 3.53. The molecule has 1 unspecified atom stereocenters. The number of hydrogen-bond acceptors (Lipinski definition) is 1. The zero-order chi connectivity index (χ0) is 9.84. The molecule has 3 heteroatoms. The van der Waals surface area contributed by atoms with E-state index in [1.165, 1.54) is 12.1 Å². The van der Waals surface area contributed by atoms with E-state index in [-0.39, 0.29) is 5.82 Å². The molecule has 1 N–H and O–H groups in total. The predicted molar refractivity (Wildman–Crippen MR) is 53.8 cm³/mol. The molecule has 0 saturated carbocycles. The third-order valence-corrected chi connectivity index (χ3v) is 2.33. The van der Waals surface area contributed by atoms with Gasteiger partial charge in [0.1, 0.15) is 5.82 Å². The van der Waals surface area contributed by atoms with Gasteiger partial charge in [-0.05, 0) is 30.7 Å². The standard InChI is InChI=1S/C10H13ClFN/c1-7(6-13-2)9-4-3-8(12)5-10(9)11/h3-5,7,13H,6H2,1-2H3. The van der Waals surface area contributed by atoms with Gasteiger partial charge in [-0.3, -0.25) is 0 Å². The third-order valence-electron chi connectivity index (χ3n) is 2.00. The van der Waals surface area contributed by atoms with Crippen molar-refractivity contribution in [2.24, 2.45) is 0 Å². The van der Waals surface area contributed by atoms with Crippen LogP contribution in [0, 0.1) is 5.82 Å². The van der Waals surface area contributed by atoms with Crippen molar-refractivity contribution >= 4 is 11.6 Å². The fourth-order valence-corrected chi connectivity index (χ4v) is 1.67. The summed E-state index contributed by atoms with van der Waals surface area (Å²) in [4.78, 5) is 0. The molecule has 1 aromatic carbocycles. The highest BCUT2D eigenvalue weighted by Crippen LogP contribution is 2.24. The van der Waals surface area contributed by atoms with Gasteiger partial charge in [0.2, 0.25) is 0 Å². The lowest BCUT2D eigenvalue weighted by molar-refractivity contribution is 0.623. The minimum atomic E-state index is -0.287. The SMILES string of the molecule is CNCC(C)c1ccc(F)cc1Cl. The molecule has 0 aromatic heterocycles. The van der Waals surface area contributed by atoms with E-state index >= 15 is 0 Å². The first-order valence-electron chi connectivity index (χ1n) is 4.24. The van der Waals surface area contributed by atoms with Crippen LogP contribution in [0.5, 0.6) is 0 Å². The Kier molecular flexibility index (Phi) is 3.70. The van der Waals surface area contributed by atoms with Gasteiger partial charge in [-0.2, -0.15) is 0 Å². The Balaban J connectivity index is 2.88. The van der Waals surface area contributed by atoms with Gasteiger partial charge in [0.15, 0.2) is 0 Å². The van der Waals surface area contributed by atoms with Crippen molar-refractivity contribution in [1.82, 2.24) is 5.32 Å². The predicted octanol–water partition coefficient (Wildman–Crippen LogP) is 2.80. The van der Waals surface area contributed by atoms with Gasteiger partial charge >= 0.3 is 0 Å². The maximum Gasteiger partial charge on any atom is 0.124 e. The molecule has 0 aliphatic heterocycles. The lowest BCUT2D eigenvalue weighted by Gasteiger charge is -2.12. The maximum atomic E-state index is 12.7. The van der Waals surface area contributed by atoms with E-state index in [0.717, 1.165) is 12.1 Å². The van der Waals surface area contributed by atoms with Crippen molar-refractivity contribution in [3.05, 3.63) is 34.6 Å². The molecule has 0 amide bonds. The van der Waals surface area contributed by atoms with Crippen LogP contribution in [-0.2, 0) is 0 Å². The molecule has 1 atom stereocenters. The van der Waals surface area contributed by atoms with Gasteiger partial charge in [-0.1, -0.05) is 24.6 Å².